The number of sulfonamides is 1. The minimum atomic E-state index is -4.06. The van der Waals surface area contributed by atoms with Gasteiger partial charge in [0.1, 0.15) is 0 Å². The Hall–Kier alpha value is -2.07. The summed E-state index contributed by atoms with van der Waals surface area (Å²) >= 11 is 5.99. The molecule has 1 saturated heterocycles. The Morgan fingerprint density at radius 3 is 2.39 bits per heavy atom. The minimum absolute atomic E-state index is 0.101. The molecule has 2 aromatic rings. The topological polar surface area (TPSA) is 84.5 Å². The van der Waals surface area contributed by atoms with Crippen LogP contribution in [-0.4, -0.2) is 40.6 Å². The summed E-state index contributed by atoms with van der Waals surface area (Å²) in [6.07, 6.45) is 1.37. The van der Waals surface area contributed by atoms with E-state index in [4.69, 9.17) is 16.3 Å². The molecule has 1 fully saturated rings. The van der Waals surface area contributed by atoms with Crippen molar-refractivity contribution in [3.63, 3.8) is 0 Å². The summed E-state index contributed by atoms with van der Waals surface area (Å²) in [4.78, 5) is 11.9. The Morgan fingerprint density at radius 1 is 1.06 bits per heavy atom. The van der Waals surface area contributed by atoms with Gasteiger partial charge in [-0.15, -0.1) is 0 Å². The molecule has 0 unspecified atom stereocenters. The smallest absolute Gasteiger partial charge is 0.240 e. The van der Waals surface area contributed by atoms with E-state index < -0.39 is 26.6 Å². The lowest BCUT2D eigenvalue weighted by Gasteiger charge is -2.38. The van der Waals surface area contributed by atoms with E-state index in [9.17, 15) is 22.0 Å². The number of nitrogens with one attached hydrogen (secondary N) is 2. The summed E-state index contributed by atoms with van der Waals surface area (Å²) < 4.78 is 58.4. The first-order valence-corrected chi connectivity index (χ1v) is 11.6. The zero-order valence-corrected chi connectivity index (χ0v) is 18.2. The minimum Gasteiger partial charge on any atom is -0.381 e. The molecular formula is C21H23ClF2N2O4S. The van der Waals surface area contributed by atoms with E-state index in [0.717, 1.165) is 30.5 Å². The molecule has 0 radical (unpaired) electrons. The number of hydrogen-bond acceptors (Lipinski definition) is 4. The number of amides is 1. The SMILES string of the molecule is O=C(CCNS(=O)(=O)c1ccc(F)c(F)c1)NCC1(c2ccc(Cl)cc2)CCOCC1. The van der Waals surface area contributed by atoms with Crippen LogP contribution in [0, 0.1) is 11.6 Å². The third-order valence-electron chi connectivity index (χ3n) is 5.38. The second-order valence-electron chi connectivity index (χ2n) is 7.40. The Bertz CT molecular complexity index is 1030. The van der Waals surface area contributed by atoms with Gasteiger partial charge in [0.15, 0.2) is 11.6 Å². The molecule has 1 aliphatic rings. The fourth-order valence-electron chi connectivity index (χ4n) is 3.52. The monoisotopic (exact) mass is 472 g/mol. The fraction of sp³-hybridized carbons (Fsp3) is 0.381. The van der Waals surface area contributed by atoms with E-state index in [1.165, 1.54) is 0 Å². The third kappa shape index (κ3) is 6.00. The second kappa shape index (κ2) is 10.0. The first kappa shape index (κ1) is 23.6. The van der Waals surface area contributed by atoms with Crippen molar-refractivity contribution >= 4 is 27.5 Å². The number of carbonyl (C=O) groups excluding carboxylic acids is 1. The molecule has 1 aliphatic heterocycles. The van der Waals surface area contributed by atoms with E-state index in [1.807, 2.05) is 24.3 Å². The number of ether oxygens (including phenoxy) is 1. The van der Waals surface area contributed by atoms with Crippen LogP contribution in [0.25, 0.3) is 0 Å². The Kier molecular flexibility index (Phi) is 7.64. The van der Waals surface area contributed by atoms with E-state index in [0.29, 0.717) is 30.8 Å². The molecule has 2 aromatic carbocycles. The number of rotatable bonds is 8. The van der Waals surface area contributed by atoms with Crippen molar-refractivity contribution in [2.45, 2.75) is 29.6 Å². The molecule has 6 nitrogen and oxygen atoms in total. The van der Waals surface area contributed by atoms with Crippen LogP contribution in [0.1, 0.15) is 24.8 Å². The van der Waals surface area contributed by atoms with Gasteiger partial charge in [-0.05, 0) is 48.7 Å². The van der Waals surface area contributed by atoms with Crippen LogP contribution in [0.2, 0.25) is 5.02 Å². The lowest BCUT2D eigenvalue weighted by molar-refractivity contribution is -0.121. The van der Waals surface area contributed by atoms with Crippen molar-refractivity contribution < 1.29 is 26.7 Å². The van der Waals surface area contributed by atoms with Gasteiger partial charge in [0.05, 0.1) is 4.90 Å². The van der Waals surface area contributed by atoms with Crippen LogP contribution in [0.15, 0.2) is 47.4 Å². The molecule has 0 spiro atoms. The number of carbonyl (C=O) groups is 1. The van der Waals surface area contributed by atoms with Crippen LogP contribution in [0.3, 0.4) is 0 Å². The maximum atomic E-state index is 13.3. The summed E-state index contributed by atoms with van der Waals surface area (Å²) in [6.45, 7) is 1.36. The molecular weight excluding hydrogens is 450 g/mol. The Morgan fingerprint density at radius 2 is 1.74 bits per heavy atom. The molecule has 0 saturated carbocycles. The van der Waals surface area contributed by atoms with Crippen LogP contribution in [-0.2, 0) is 25.0 Å². The van der Waals surface area contributed by atoms with E-state index >= 15 is 0 Å². The first-order valence-electron chi connectivity index (χ1n) is 9.77. The average molecular weight is 473 g/mol. The van der Waals surface area contributed by atoms with Crippen molar-refractivity contribution in [1.29, 1.82) is 0 Å². The van der Waals surface area contributed by atoms with Crippen LogP contribution >= 0.6 is 11.6 Å². The molecule has 1 amide bonds. The van der Waals surface area contributed by atoms with E-state index in [2.05, 4.69) is 10.0 Å². The molecule has 168 valence electrons. The van der Waals surface area contributed by atoms with Crippen LogP contribution in [0.4, 0.5) is 8.78 Å². The van der Waals surface area contributed by atoms with Crippen molar-refractivity contribution in [2.24, 2.45) is 0 Å². The summed E-state index contributed by atoms with van der Waals surface area (Å²) in [5.74, 6) is -2.72. The molecule has 0 atom stereocenters. The standard InChI is InChI=1S/C21H23ClF2N2O4S/c22-16-3-1-15(2-4-16)21(8-11-30-12-9-21)14-25-20(27)7-10-26-31(28,29)17-5-6-18(23)19(24)13-17/h1-6,13,26H,7-12,14H2,(H,25,27). The molecule has 3 rings (SSSR count). The molecule has 31 heavy (non-hydrogen) atoms. The van der Waals surface area contributed by atoms with Crippen LogP contribution < -0.4 is 10.0 Å². The van der Waals surface area contributed by atoms with Crippen LogP contribution in [0.5, 0.6) is 0 Å². The van der Waals surface area contributed by atoms with Gasteiger partial charge in [-0.25, -0.2) is 21.9 Å². The average Bonchev–Trinajstić information content (AvgIpc) is 2.75. The Balaban J connectivity index is 1.56. The summed E-state index contributed by atoms with van der Waals surface area (Å²) in [5, 5.41) is 3.51. The first-order chi connectivity index (χ1) is 14.7. The normalized spacial score (nSPS) is 16.1. The van der Waals surface area contributed by atoms with Gasteiger partial charge in [-0.2, -0.15) is 0 Å². The van der Waals surface area contributed by atoms with E-state index in [1.54, 1.807) is 0 Å². The third-order valence-corrected chi connectivity index (χ3v) is 7.09. The van der Waals surface area contributed by atoms with Gasteiger partial charge in [0.25, 0.3) is 0 Å². The van der Waals surface area contributed by atoms with Gasteiger partial charge in [-0.1, -0.05) is 23.7 Å². The predicted molar refractivity (Wildman–Crippen MR) is 112 cm³/mol. The lowest BCUT2D eigenvalue weighted by Crippen LogP contribution is -2.45. The maximum Gasteiger partial charge on any atom is 0.240 e. The van der Waals surface area contributed by atoms with Crippen molar-refractivity contribution in [3.8, 4) is 0 Å². The summed E-state index contributed by atoms with van der Waals surface area (Å²) in [6, 6.07) is 9.79. The highest BCUT2D eigenvalue weighted by molar-refractivity contribution is 7.89. The molecule has 0 bridgehead atoms. The molecule has 0 aromatic heterocycles. The highest BCUT2D eigenvalue weighted by Crippen LogP contribution is 2.34. The van der Waals surface area contributed by atoms with Gasteiger partial charge in [-0.3, -0.25) is 4.79 Å². The largest absolute Gasteiger partial charge is 0.381 e. The number of halogens is 3. The zero-order chi connectivity index (χ0) is 22.5. The summed E-state index contributed by atoms with van der Waals surface area (Å²) in [7, 11) is -4.06. The maximum absolute atomic E-state index is 13.3. The highest BCUT2D eigenvalue weighted by atomic mass is 35.5. The predicted octanol–water partition coefficient (Wildman–Crippen LogP) is 3.15. The second-order valence-corrected chi connectivity index (χ2v) is 9.60. The number of benzene rings is 2. The van der Waals surface area contributed by atoms with Gasteiger partial charge < -0.3 is 10.1 Å². The highest BCUT2D eigenvalue weighted by Gasteiger charge is 2.34. The summed E-state index contributed by atoms with van der Waals surface area (Å²) in [5.41, 5.74) is 0.767. The molecule has 0 aliphatic carbocycles. The van der Waals surface area contributed by atoms with Crippen molar-refractivity contribution in [3.05, 3.63) is 64.7 Å². The van der Waals surface area contributed by atoms with Crippen molar-refractivity contribution in [2.75, 3.05) is 26.3 Å². The van der Waals surface area contributed by atoms with E-state index in [-0.39, 0.29) is 24.3 Å². The molecule has 1 heterocycles. The zero-order valence-electron chi connectivity index (χ0n) is 16.7. The van der Waals surface area contributed by atoms with Gasteiger partial charge >= 0.3 is 0 Å². The molecule has 2 N–H and O–H groups in total. The quantitative estimate of drug-likeness (QED) is 0.618. The van der Waals surface area contributed by atoms with Gasteiger partial charge in [0, 0.05) is 43.2 Å². The Labute approximate surface area is 185 Å². The molecule has 10 heteroatoms. The fourth-order valence-corrected chi connectivity index (χ4v) is 4.68. The lowest BCUT2D eigenvalue weighted by atomic mass is 9.74. The van der Waals surface area contributed by atoms with Crippen molar-refractivity contribution in [1.82, 2.24) is 10.0 Å². The number of hydrogen-bond donors (Lipinski definition) is 2. The van der Waals surface area contributed by atoms with Gasteiger partial charge in [0.2, 0.25) is 15.9 Å².